The van der Waals surface area contributed by atoms with Crippen molar-refractivity contribution < 1.29 is 22.7 Å². The lowest BCUT2D eigenvalue weighted by molar-refractivity contribution is -0.140. The maximum Gasteiger partial charge on any atom is 0.305 e. The van der Waals surface area contributed by atoms with Gasteiger partial charge in [0.05, 0.1) is 24.4 Å². The third-order valence-electron chi connectivity index (χ3n) is 5.34. The van der Waals surface area contributed by atoms with Gasteiger partial charge >= 0.3 is 5.97 Å². The maximum atomic E-state index is 12.3. The van der Waals surface area contributed by atoms with Crippen LogP contribution >= 0.6 is 0 Å². The molecule has 28 heavy (non-hydrogen) atoms. The van der Waals surface area contributed by atoms with Crippen LogP contribution in [0.1, 0.15) is 39.5 Å². The van der Waals surface area contributed by atoms with Gasteiger partial charge in [0.25, 0.3) is 0 Å². The molecule has 2 unspecified atom stereocenters. The summed E-state index contributed by atoms with van der Waals surface area (Å²) in [7, 11) is -2.11. The van der Waals surface area contributed by atoms with Gasteiger partial charge in [-0.15, -0.1) is 0 Å². The summed E-state index contributed by atoms with van der Waals surface area (Å²) in [6.45, 7) is 8.46. The van der Waals surface area contributed by atoms with Crippen LogP contribution in [0.15, 0.2) is 29.2 Å². The normalized spacial score (nSPS) is 20.2. The van der Waals surface area contributed by atoms with E-state index >= 15 is 0 Å². The first-order valence-electron chi connectivity index (χ1n) is 10.1. The van der Waals surface area contributed by atoms with E-state index in [1.807, 2.05) is 0 Å². The summed E-state index contributed by atoms with van der Waals surface area (Å²) in [6, 6.07) is 6.58. The van der Waals surface area contributed by atoms with Gasteiger partial charge in [-0.1, -0.05) is 20.3 Å². The van der Waals surface area contributed by atoms with Crippen LogP contribution in [0.3, 0.4) is 0 Å². The molecule has 0 spiro atoms. The Morgan fingerprint density at radius 1 is 1.18 bits per heavy atom. The minimum absolute atomic E-state index is 0.0739. The fourth-order valence-electron chi connectivity index (χ4n) is 3.50. The van der Waals surface area contributed by atoms with Crippen LogP contribution in [0.2, 0.25) is 0 Å². The molecule has 1 aromatic rings. The van der Waals surface area contributed by atoms with Crippen molar-refractivity contribution >= 4 is 15.8 Å². The molecule has 2 rings (SSSR count). The van der Waals surface area contributed by atoms with Gasteiger partial charge in [0.2, 0.25) is 0 Å². The first-order chi connectivity index (χ1) is 13.4. The number of carbonyl (C=O) groups excluding carboxylic acids is 1. The van der Waals surface area contributed by atoms with Gasteiger partial charge in [-0.05, 0) is 49.6 Å². The number of benzene rings is 1. The fourth-order valence-corrected chi connectivity index (χ4v) is 4.81. The topological polar surface area (TPSA) is 72.9 Å². The summed E-state index contributed by atoms with van der Waals surface area (Å²) in [6.07, 6.45) is 2.80. The molecule has 0 saturated carbocycles. The Labute approximate surface area is 169 Å². The molecule has 0 bridgehead atoms. The number of carbonyl (C=O) groups is 1. The third kappa shape index (κ3) is 6.78. The Kier molecular flexibility index (Phi) is 8.76. The molecule has 1 fully saturated rings. The molecular weight excluding hydrogens is 378 g/mol. The smallest absolute Gasteiger partial charge is 0.305 e. The van der Waals surface area contributed by atoms with E-state index in [4.69, 9.17) is 4.74 Å². The Bertz CT molecular complexity index is 717. The van der Waals surface area contributed by atoms with E-state index in [-0.39, 0.29) is 23.5 Å². The molecule has 1 aliphatic rings. The largest absolute Gasteiger partial charge is 0.493 e. The van der Waals surface area contributed by atoms with Crippen molar-refractivity contribution in [3.63, 3.8) is 0 Å². The highest BCUT2D eigenvalue weighted by molar-refractivity contribution is 7.91. The van der Waals surface area contributed by atoms with Crippen molar-refractivity contribution in [2.45, 2.75) is 44.4 Å². The zero-order valence-corrected chi connectivity index (χ0v) is 18.0. The molecule has 6 nitrogen and oxygen atoms in total. The van der Waals surface area contributed by atoms with Gasteiger partial charge in [0, 0.05) is 25.4 Å². The third-order valence-corrected chi connectivity index (χ3v) is 7.16. The molecule has 7 heteroatoms. The van der Waals surface area contributed by atoms with Crippen LogP contribution in [0.5, 0.6) is 5.75 Å². The van der Waals surface area contributed by atoms with E-state index in [2.05, 4.69) is 23.5 Å². The number of sulfone groups is 1. The van der Waals surface area contributed by atoms with Crippen LogP contribution in [-0.4, -0.2) is 58.4 Å². The number of methoxy groups -OCH3 is 1. The van der Waals surface area contributed by atoms with Gasteiger partial charge in [-0.25, -0.2) is 8.42 Å². The summed E-state index contributed by atoms with van der Waals surface area (Å²) in [4.78, 5) is 13.9. The number of nitrogens with zero attached hydrogens (tertiary/aromatic N) is 1. The molecular formula is C21H33NO5S. The van der Waals surface area contributed by atoms with Crippen LogP contribution < -0.4 is 4.74 Å². The van der Waals surface area contributed by atoms with Crippen LogP contribution in [0.25, 0.3) is 0 Å². The number of likely N-dealkylation sites (tertiary alicyclic amines) is 1. The molecule has 1 aromatic carbocycles. The average Bonchev–Trinajstić information content (AvgIpc) is 3.04. The molecule has 1 aliphatic heterocycles. The van der Waals surface area contributed by atoms with Crippen LogP contribution in [0, 0.1) is 11.8 Å². The van der Waals surface area contributed by atoms with E-state index < -0.39 is 15.8 Å². The second-order valence-electron chi connectivity index (χ2n) is 7.63. The number of hydrogen-bond donors (Lipinski definition) is 0. The molecule has 2 atom stereocenters. The van der Waals surface area contributed by atoms with Gasteiger partial charge in [0.1, 0.15) is 5.75 Å². The van der Waals surface area contributed by atoms with Gasteiger partial charge in [-0.2, -0.15) is 0 Å². The summed E-state index contributed by atoms with van der Waals surface area (Å²) < 4.78 is 35.2. The van der Waals surface area contributed by atoms with Gasteiger partial charge in [-0.3, -0.25) is 4.79 Å². The lowest BCUT2D eigenvalue weighted by atomic mass is 9.99. The van der Waals surface area contributed by atoms with Crippen molar-refractivity contribution in [2.75, 3.05) is 39.1 Å². The maximum absolute atomic E-state index is 12.3. The van der Waals surface area contributed by atoms with E-state index in [9.17, 15) is 13.2 Å². The van der Waals surface area contributed by atoms with E-state index in [1.165, 1.54) is 20.0 Å². The molecule has 1 saturated heterocycles. The first-order valence-corrected chi connectivity index (χ1v) is 11.8. The van der Waals surface area contributed by atoms with Gasteiger partial charge in [0.15, 0.2) is 9.84 Å². The number of esters is 1. The standard InChI is InChI=1S/C21H33NO5S/c1-4-5-12-22-14-17(2)18(15-22)16-27-19-8-10-20(11-9-19)28(24,25)13-6-7-21(23)26-3/h8-11,17-18H,4-7,12-16H2,1-3H3. The highest BCUT2D eigenvalue weighted by atomic mass is 32.2. The molecule has 158 valence electrons. The predicted molar refractivity (Wildman–Crippen MR) is 109 cm³/mol. The number of ether oxygens (including phenoxy) is 2. The van der Waals surface area contributed by atoms with Crippen molar-refractivity contribution in [1.82, 2.24) is 4.90 Å². The lowest BCUT2D eigenvalue weighted by Gasteiger charge is -2.16. The van der Waals surface area contributed by atoms with Crippen LogP contribution in [-0.2, 0) is 19.4 Å². The Hall–Kier alpha value is -1.60. The second-order valence-corrected chi connectivity index (χ2v) is 9.74. The molecule has 1 heterocycles. The van der Waals surface area contributed by atoms with E-state index in [1.54, 1.807) is 24.3 Å². The Morgan fingerprint density at radius 3 is 2.54 bits per heavy atom. The number of hydrogen-bond acceptors (Lipinski definition) is 6. The minimum Gasteiger partial charge on any atom is -0.493 e. The average molecular weight is 412 g/mol. The van der Waals surface area contributed by atoms with Gasteiger partial charge < -0.3 is 14.4 Å². The van der Waals surface area contributed by atoms with E-state index in [0.29, 0.717) is 24.2 Å². The summed E-state index contributed by atoms with van der Waals surface area (Å²) in [5.41, 5.74) is 0. The lowest BCUT2D eigenvalue weighted by Crippen LogP contribution is -2.23. The molecule has 0 radical (unpaired) electrons. The number of unbranched alkanes of at least 4 members (excludes halogenated alkanes) is 1. The van der Waals surface area contributed by atoms with E-state index in [0.717, 1.165) is 19.6 Å². The SMILES string of the molecule is CCCCN1CC(C)C(COc2ccc(S(=O)(=O)CCCC(=O)OC)cc2)C1. The first kappa shape index (κ1) is 22.7. The minimum atomic E-state index is -3.41. The van der Waals surface area contributed by atoms with Crippen LogP contribution in [0.4, 0.5) is 0 Å². The summed E-state index contributed by atoms with van der Waals surface area (Å²) in [5, 5.41) is 0. The quantitative estimate of drug-likeness (QED) is 0.521. The van der Waals surface area contributed by atoms with Crippen molar-refractivity contribution in [2.24, 2.45) is 11.8 Å². The van der Waals surface area contributed by atoms with Crippen molar-refractivity contribution in [3.05, 3.63) is 24.3 Å². The zero-order chi connectivity index (χ0) is 20.6. The zero-order valence-electron chi connectivity index (χ0n) is 17.2. The summed E-state index contributed by atoms with van der Waals surface area (Å²) >= 11 is 0. The Balaban J connectivity index is 1.83. The van der Waals surface area contributed by atoms with Crippen molar-refractivity contribution in [1.29, 1.82) is 0 Å². The number of rotatable bonds is 11. The predicted octanol–water partition coefficient (Wildman–Crippen LogP) is 3.16. The molecule has 0 amide bonds. The van der Waals surface area contributed by atoms with Crippen molar-refractivity contribution in [3.8, 4) is 5.75 Å². The molecule has 0 aliphatic carbocycles. The summed E-state index contributed by atoms with van der Waals surface area (Å²) in [5.74, 6) is 1.32. The Morgan fingerprint density at radius 2 is 1.89 bits per heavy atom. The monoisotopic (exact) mass is 411 g/mol. The highest BCUT2D eigenvalue weighted by Crippen LogP contribution is 2.25. The second kappa shape index (κ2) is 10.8. The highest BCUT2D eigenvalue weighted by Gasteiger charge is 2.29. The fraction of sp³-hybridized carbons (Fsp3) is 0.667. The molecule has 0 aromatic heterocycles. The molecule has 0 N–H and O–H groups in total.